The number of rotatable bonds is 7. The van der Waals surface area contributed by atoms with Crippen molar-refractivity contribution < 1.29 is 9.90 Å². The van der Waals surface area contributed by atoms with Crippen molar-refractivity contribution in [3.05, 3.63) is 88.1 Å². The van der Waals surface area contributed by atoms with Gasteiger partial charge in [-0.05, 0) is 66.6 Å². The van der Waals surface area contributed by atoms with Crippen LogP contribution in [0.1, 0.15) is 41.4 Å². The monoisotopic (exact) mass is 420 g/mol. The summed E-state index contributed by atoms with van der Waals surface area (Å²) in [5, 5.41) is 15.4. The first-order chi connectivity index (χ1) is 14.7. The number of piperidine rings is 1. The van der Waals surface area contributed by atoms with Crippen LogP contribution in [0.15, 0.2) is 72.1 Å². The number of carbonyl (C=O) groups excluding carboxylic acids is 1. The molecule has 1 saturated heterocycles. The van der Waals surface area contributed by atoms with Crippen LogP contribution < -0.4 is 5.32 Å². The Morgan fingerprint density at radius 3 is 2.43 bits per heavy atom. The first kappa shape index (κ1) is 20.8. The summed E-state index contributed by atoms with van der Waals surface area (Å²) >= 11 is 1.54. The minimum Gasteiger partial charge on any atom is -0.383 e. The number of amides is 1. The van der Waals surface area contributed by atoms with Gasteiger partial charge in [-0.1, -0.05) is 48.5 Å². The molecule has 1 aliphatic heterocycles. The molecule has 3 aromatic rings. The fourth-order valence-corrected chi connectivity index (χ4v) is 4.76. The highest BCUT2D eigenvalue weighted by Gasteiger charge is 2.21. The summed E-state index contributed by atoms with van der Waals surface area (Å²) in [5.41, 5.74) is 2.96. The van der Waals surface area contributed by atoms with Crippen molar-refractivity contribution in [2.75, 3.05) is 18.4 Å². The summed E-state index contributed by atoms with van der Waals surface area (Å²) in [7, 11) is 0. The van der Waals surface area contributed by atoms with Crippen molar-refractivity contribution >= 4 is 22.9 Å². The molecule has 4 rings (SSSR count). The van der Waals surface area contributed by atoms with Gasteiger partial charge in [-0.15, -0.1) is 11.3 Å². The zero-order valence-corrected chi connectivity index (χ0v) is 17.9. The number of benzene rings is 2. The summed E-state index contributed by atoms with van der Waals surface area (Å²) in [6.07, 6.45) is 2.08. The Hall–Kier alpha value is -2.47. The Balaban J connectivity index is 1.22. The highest BCUT2D eigenvalue weighted by Crippen LogP contribution is 2.27. The Morgan fingerprint density at radius 1 is 1.03 bits per heavy atom. The predicted octanol–water partition coefficient (Wildman–Crippen LogP) is 5.07. The Kier molecular flexibility index (Phi) is 6.95. The minimum absolute atomic E-state index is 0.0723. The molecule has 1 atom stereocenters. The normalized spacial score (nSPS) is 16.3. The van der Waals surface area contributed by atoms with Crippen molar-refractivity contribution in [3.63, 3.8) is 0 Å². The molecule has 0 radical (unpaired) electrons. The lowest BCUT2D eigenvalue weighted by molar-refractivity contribution is -0.117. The molecule has 1 unspecified atom stereocenters. The van der Waals surface area contributed by atoms with Crippen LogP contribution in [-0.2, 0) is 11.3 Å². The summed E-state index contributed by atoms with van der Waals surface area (Å²) in [6, 6.07) is 21.9. The molecule has 0 bridgehead atoms. The van der Waals surface area contributed by atoms with E-state index in [4.69, 9.17) is 0 Å². The lowest BCUT2D eigenvalue weighted by atomic mass is 9.93. The van der Waals surface area contributed by atoms with Gasteiger partial charge >= 0.3 is 0 Å². The molecule has 1 aromatic heterocycles. The van der Waals surface area contributed by atoms with E-state index in [1.165, 1.54) is 16.9 Å². The van der Waals surface area contributed by atoms with E-state index < -0.39 is 6.10 Å². The van der Waals surface area contributed by atoms with Gasteiger partial charge in [-0.3, -0.25) is 9.69 Å². The summed E-state index contributed by atoms with van der Waals surface area (Å²) in [5.74, 6) is 0.514. The van der Waals surface area contributed by atoms with E-state index in [0.29, 0.717) is 12.3 Å². The molecule has 1 amide bonds. The maximum atomic E-state index is 12.5. The van der Waals surface area contributed by atoms with Crippen LogP contribution in [0.25, 0.3) is 0 Å². The Labute approximate surface area is 182 Å². The van der Waals surface area contributed by atoms with Gasteiger partial charge in [0.2, 0.25) is 5.91 Å². The second-order valence-corrected chi connectivity index (χ2v) is 8.98. The van der Waals surface area contributed by atoms with Gasteiger partial charge in [-0.25, -0.2) is 0 Å². The zero-order valence-electron chi connectivity index (χ0n) is 17.0. The van der Waals surface area contributed by atoms with E-state index >= 15 is 0 Å². The van der Waals surface area contributed by atoms with E-state index in [1.807, 2.05) is 47.8 Å². The number of carbonyl (C=O) groups is 1. The Bertz CT molecular complexity index is 918. The summed E-state index contributed by atoms with van der Waals surface area (Å²) in [6.45, 7) is 3.08. The number of hydrogen-bond donors (Lipinski definition) is 2. The van der Waals surface area contributed by atoms with Crippen LogP contribution in [0.5, 0.6) is 0 Å². The third-order valence-electron chi connectivity index (χ3n) is 5.75. The van der Waals surface area contributed by atoms with E-state index in [9.17, 15) is 9.90 Å². The molecule has 2 aromatic carbocycles. The SMILES string of the molecule is O=C(CC1CCN(Cc2ccccc2)CC1)Nc1ccc(C(O)c2cccs2)cc1. The van der Waals surface area contributed by atoms with E-state index in [-0.39, 0.29) is 5.91 Å². The Morgan fingerprint density at radius 2 is 1.77 bits per heavy atom. The fraction of sp³-hybridized carbons (Fsp3) is 0.320. The maximum absolute atomic E-state index is 12.5. The molecule has 5 heteroatoms. The first-order valence-corrected chi connectivity index (χ1v) is 11.4. The van der Waals surface area contributed by atoms with Crippen LogP contribution >= 0.6 is 11.3 Å². The van der Waals surface area contributed by atoms with Gasteiger partial charge in [0.1, 0.15) is 6.10 Å². The average molecular weight is 421 g/mol. The lowest BCUT2D eigenvalue weighted by Crippen LogP contribution is -2.34. The first-order valence-electron chi connectivity index (χ1n) is 10.5. The fourth-order valence-electron chi connectivity index (χ4n) is 4.02. The summed E-state index contributed by atoms with van der Waals surface area (Å²) in [4.78, 5) is 15.9. The molecule has 1 aliphatic rings. The maximum Gasteiger partial charge on any atom is 0.224 e. The number of aliphatic hydroxyl groups excluding tert-OH is 1. The number of thiophene rings is 1. The summed E-state index contributed by atoms with van der Waals surface area (Å²) < 4.78 is 0. The standard InChI is InChI=1S/C25H28N2O2S/c28-24(17-19-12-14-27(15-13-19)18-20-5-2-1-3-6-20)26-22-10-8-21(9-11-22)25(29)23-7-4-16-30-23/h1-11,16,19,25,29H,12-15,17-18H2,(H,26,28). The van der Waals surface area contributed by atoms with Gasteiger partial charge in [0.05, 0.1) is 0 Å². The smallest absolute Gasteiger partial charge is 0.224 e. The largest absolute Gasteiger partial charge is 0.383 e. The third-order valence-corrected chi connectivity index (χ3v) is 6.68. The van der Waals surface area contributed by atoms with Crippen LogP contribution in [0.2, 0.25) is 0 Å². The van der Waals surface area contributed by atoms with E-state index in [1.54, 1.807) is 0 Å². The third kappa shape index (κ3) is 5.57. The quantitative estimate of drug-likeness (QED) is 0.561. The molecular weight excluding hydrogens is 392 g/mol. The number of aliphatic hydroxyl groups is 1. The molecule has 2 heterocycles. The average Bonchev–Trinajstić information content (AvgIpc) is 3.31. The number of nitrogens with zero attached hydrogens (tertiary/aromatic N) is 1. The van der Waals surface area contributed by atoms with Crippen molar-refractivity contribution in [1.29, 1.82) is 0 Å². The molecule has 2 N–H and O–H groups in total. The topological polar surface area (TPSA) is 52.6 Å². The van der Waals surface area contributed by atoms with Crippen molar-refractivity contribution in [1.82, 2.24) is 4.90 Å². The van der Waals surface area contributed by atoms with Crippen molar-refractivity contribution in [2.24, 2.45) is 5.92 Å². The highest BCUT2D eigenvalue weighted by atomic mass is 32.1. The molecule has 0 saturated carbocycles. The van der Waals surface area contributed by atoms with E-state index in [2.05, 4.69) is 34.5 Å². The molecule has 0 aliphatic carbocycles. The molecule has 1 fully saturated rings. The van der Waals surface area contributed by atoms with Crippen LogP contribution in [-0.4, -0.2) is 29.0 Å². The molecule has 0 spiro atoms. The lowest BCUT2D eigenvalue weighted by Gasteiger charge is -2.31. The van der Waals surface area contributed by atoms with Gasteiger partial charge in [0.25, 0.3) is 0 Å². The predicted molar refractivity (Wildman–Crippen MR) is 123 cm³/mol. The number of hydrogen-bond acceptors (Lipinski definition) is 4. The molecule has 4 nitrogen and oxygen atoms in total. The number of anilines is 1. The zero-order chi connectivity index (χ0) is 20.8. The second kappa shape index (κ2) is 10.0. The molecular formula is C25H28N2O2S. The van der Waals surface area contributed by atoms with Gasteiger partial charge < -0.3 is 10.4 Å². The van der Waals surface area contributed by atoms with Crippen molar-refractivity contribution in [2.45, 2.75) is 31.9 Å². The van der Waals surface area contributed by atoms with Crippen LogP contribution in [0, 0.1) is 5.92 Å². The number of likely N-dealkylation sites (tertiary alicyclic amines) is 1. The van der Waals surface area contributed by atoms with Crippen LogP contribution in [0.3, 0.4) is 0 Å². The minimum atomic E-state index is -0.615. The van der Waals surface area contributed by atoms with Crippen LogP contribution in [0.4, 0.5) is 5.69 Å². The second-order valence-electron chi connectivity index (χ2n) is 8.00. The van der Waals surface area contributed by atoms with Gasteiger partial charge in [0.15, 0.2) is 0 Å². The highest BCUT2D eigenvalue weighted by molar-refractivity contribution is 7.10. The van der Waals surface area contributed by atoms with E-state index in [0.717, 1.165) is 48.6 Å². The van der Waals surface area contributed by atoms with Gasteiger partial charge in [0, 0.05) is 23.5 Å². The van der Waals surface area contributed by atoms with Gasteiger partial charge in [-0.2, -0.15) is 0 Å². The number of nitrogens with one attached hydrogen (secondary N) is 1. The molecule has 156 valence electrons. The molecule has 30 heavy (non-hydrogen) atoms. The van der Waals surface area contributed by atoms with Crippen molar-refractivity contribution in [3.8, 4) is 0 Å².